The van der Waals surface area contributed by atoms with E-state index in [9.17, 15) is 12.8 Å². The standard InChI is InChI=1S/C11H17FN2O2S/c1-3-14(4-2)17(15,16)11-7-10(12)6-5-9(11)8-13/h5-7H,3-4,8,13H2,1-2H3. The van der Waals surface area contributed by atoms with E-state index in [0.29, 0.717) is 18.7 Å². The van der Waals surface area contributed by atoms with E-state index in [1.165, 1.54) is 16.4 Å². The summed E-state index contributed by atoms with van der Waals surface area (Å²) in [6.07, 6.45) is 0. The molecule has 96 valence electrons. The Kier molecular flexibility index (Phi) is 4.62. The third-order valence-electron chi connectivity index (χ3n) is 2.57. The van der Waals surface area contributed by atoms with Crippen LogP contribution in [0.1, 0.15) is 19.4 Å². The van der Waals surface area contributed by atoms with Gasteiger partial charge in [0.15, 0.2) is 0 Å². The molecule has 0 bridgehead atoms. The molecule has 0 fully saturated rings. The number of hydrogen-bond donors (Lipinski definition) is 1. The number of rotatable bonds is 5. The molecule has 0 spiro atoms. The lowest BCUT2D eigenvalue weighted by atomic mass is 10.2. The summed E-state index contributed by atoms with van der Waals surface area (Å²) < 4.78 is 38.9. The summed E-state index contributed by atoms with van der Waals surface area (Å²) >= 11 is 0. The Hall–Kier alpha value is -0.980. The molecule has 0 heterocycles. The van der Waals surface area contributed by atoms with Gasteiger partial charge in [-0.25, -0.2) is 12.8 Å². The van der Waals surface area contributed by atoms with Gasteiger partial charge in [0.1, 0.15) is 5.82 Å². The normalized spacial score (nSPS) is 12.1. The van der Waals surface area contributed by atoms with Gasteiger partial charge in [-0.3, -0.25) is 0 Å². The van der Waals surface area contributed by atoms with Crippen molar-refractivity contribution in [2.24, 2.45) is 5.73 Å². The third kappa shape index (κ3) is 2.83. The van der Waals surface area contributed by atoms with Crippen LogP contribution in [0.3, 0.4) is 0 Å². The maximum absolute atomic E-state index is 13.2. The average molecular weight is 260 g/mol. The molecule has 1 aromatic carbocycles. The van der Waals surface area contributed by atoms with Crippen molar-refractivity contribution in [2.75, 3.05) is 13.1 Å². The Bertz CT molecular complexity index is 484. The summed E-state index contributed by atoms with van der Waals surface area (Å²) in [7, 11) is -3.65. The second-order valence-electron chi connectivity index (χ2n) is 3.55. The minimum Gasteiger partial charge on any atom is -0.326 e. The van der Waals surface area contributed by atoms with Crippen molar-refractivity contribution in [3.05, 3.63) is 29.6 Å². The van der Waals surface area contributed by atoms with Crippen LogP contribution in [-0.2, 0) is 16.6 Å². The zero-order valence-corrected chi connectivity index (χ0v) is 10.8. The Balaban J connectivity index is 3.36. The molecule has 17 heavy (non-hydrogen) atoms. The first-order valence-corrected chi connectivity index (χ1v) is 6.90. The molecule has 0 amide bonds. The van der Waals surface area contributed by atoms with Crippen LogP contribution in [0.15, 0.2) is 23.1 Å². The molecule has 1 aromatic rings. The molecule has 4 nitrogen and oxygen atoms in total. The van der Waals surface area contributed by atoms with Crippen LogP contribution in [0.2, 0.25) is 0 Å². The first-order chi connectivity index (χ1) is 7.97. The minimum absolute atomic E-state index is 0.0382. The lowest BCUT2D eigenvalue weighted by Crippen LogP contribution is -2.31. The maximum atomic E-state index is 13.2. The van der Waals surface area contributed by atoms with Crippen molar-refractivity contribution < 1.29 is 12.8 Å². The summed E-state index contributed by atoms with van der Waals surface area (Å²) in [5.41, 5.74) is 5.90. The molecular weight excluding hydrogens is 243 g/mol. The largest absolute Gasteiger partial charge is 0.326 e. The van der Waals surface area contributed by atoms with Gasteiger partial charge in [-0.2, -0.15) is 4.31 Å². The summed E-state index contributed by atoms with van der Waals surface area (Å²) in [6.45, 7) is 4.24. The van der Waals surface area contributed by atoms with Gasteiger partial charge in [-0.05, 0) is 17.7 Å². The maximum Gasteiger partial charge on any atom is 0.243 e. The number of hydrogen-bond acceptors (Lipinski definition) is 3. The van der Waals surface area contributed by atoms with Gasteiger partial charge >= 0.3 is 0 Å². The predicted molar refractivity (Wildman–Crippen MR) is 64.4 cm³/mol. The van der Waals surface area contributed by atoms with Crippen LogP contribution in [0.25, 0.3) is 0 Å². The van der Waals surface area contributed by atoms with Crippen LogP contribution < -0.4 is 5.73 Å². The van der Waals surface area contributed by atoms with E-state index in [0.717, 1.165) is 6.07 Å². The number of nitrogens with zero attached hydrogens (tertiary/aromatic N) is 1. The summed E-state index contributed by atoms with van der Waals surface area (Å²) in [6, 6.07) is 3.64. The Morgan fingerprint density at radius 1 is 1.29 bits per heavy atom. The van der Waals surface area contributed by atoms with Gasteiger partial charge in [0.05, 0.1) is 4.90 Å². The number of nitrogens with two attached hydrogens (primary N) is 1. The first kappa shape index (κ1) is 14.1. The van der Waals surface area contributed by atoms with Crippen molar-refractivity contribution in [3.8, 4) is 0 Å². The van der Waals surface area contributed by atoms with Crippen LogP contribution >= 0.6 is 0 Å². The molecule has 1 rings (SSSR count). The van der Waals surface area contributed by atoms with Crippen molar-refractivity contribution in [1.82, 2.24) is 4.31 Å². The van der Waals surface area contributed by atoms with E-state index in [-0.39, 0.29) is 11.4 Å². The molecule has 0 atom stereocenters. The monoisotopic (exact) mass is 260 g/mol. The van der Waals surface area contributed by atoms with E-state index < -0.39 is 15.8 Å². The Morgan fingerprint density at radius 3 is 2.35 bits per heavy atom. The molecule has 0 unspecified atom stereocenters. The molecule has 0 saturated carbocycles. The van der Waals surface area contributed by atoms with Crippen LogP contribution in [0.4, 0.5) is 4.39 Å². The molecule has 0 saturated heterocycles. The van der Waals surface area contributed by atoms with Gasteiger partial charge in [0.25, 0.3) is 0 Å². The highest BCUT2D eigenvalue weighted by atomic mass is 32.2. The average Bonchev–Trinajstić information content (AvgIpc) is 2.30. The van der Waals surface area contributed by atoms with Crippen LogP contribution in [-0.4, -0.2) is 25.8 Å². The highest BCUT2D eigenvalue weighted by Crippen LogP contribution is 2.21. The fourth-order valence-electron chi connectivity index (χ4n) is 1.64. The second kappa shape index (κ2) is 5.57. The SMILES string of the molecule is CCN(CC)S(=O)(=O)c1cc(F)ccc1CN. The molecule has 0 aliphatic carbocycles. The van der Waals surface area contributed by atoms with Crippen molar-refractivity contribution >= 4 is 10.0 Å². The van der Waals surface area contributed by atoms with E-state index >= 15 is 0 Å². The topological polar surface area (TPSA) is 63.4 Å². The number of halogens is 1. The second-order valence-corrected chi connectivity index (χ2v) is 5.45. The third-order valence-corrected chi connectivity index (χ3v) is 4.70. The fraction of sp³-hybridized carbons (Fsp3) is 0.455. The molecule has 0 aliphatic rings. The lowest BCUT2D eigenvalue weighted by molar-refractivity contribution is 0.444. The molecule has 6 heteroatoms. The zero-order chi connectivity index (χ0) is 13.1. The van der Waals surface area contributed by atoms with Crippen LogP contribution in [0.5, 0.6) is 0 Å². The van der Waals surface area contributed by atoms with Gasteiger partial charge in [-0.1, -0.05) is 19.9 Å². The zero-order valence-electron chi connectivity index (χ0n) is 9.98. The van der Waals surface area contributed by atoms with E-state index in [1.807, 2.05) is 0 Å². The highest BCUT2D eigenvalue weighted by molar-refractivity contribution is 7.89. The Labute approximate surface area is 101 Å². The van der Waals surface area contributed by atoms with Gasteiger partial charge in [0, 0.05) is 19.6 Å². The first-order valence-electron chi connectivity index (χ1n) is 5.46. The Morgan fingerprint density at radius 2 is 1.88 bits per heavy atom. The highest BCUT2D eigenvalue weighted by Gasteiger charge is 2.24. The fourth-order valence-corrected chi connectivity index (χ4v) is 3.34. The van der Waals surface area contributed by atoms with Gasteiger partial charge < -0.3 is 5.73 Å². The summed E-state index contributed by atoms with van der Waals surface area (Å²) in [4.78, 5) is -0.0382. The predicted octanol–water partition coefficient (Wildman–Crippen LogP) is 1.31. The van der Waals surface area contributed by atoms with E-state index in [2.05, 4.69) is 0 Å². The number of sulfonamides is 1. The van der Waals surface area contributed by atoms with E-state index in [1.54, 1.807) is 13.8 Å². The lowest BCUT2D eigenvalue weighted by Gasteiger charge is -2.20. The molecule has 0 aromatic heterocycles. The van der Waals surface area contributed by atoms with Crippen LogP contribution in [0, 0.1) is 5.82 Å². The van der Waals surface area contributed by atoms with Crippen molar-refractivity contribution in [3.63, 3.8) is 0 Å². The van der Waals surface area contributed by atoms with E-state index in [4.69, 9.17) is 5.73 Å². The van der Waals surface area contributed by atoms with Crippen molar-refractivity contribution in [2.45, 2.75) is 25.3 Å². The van der Waals surface area contributed by atoms with Gasteiger partial charge in [-0.15, -0.1) is 0 Å². The minimum atomic E-state index is -3.65. The summed E-state index contributed by atoms with van der Waals surface area (Å²) in [5, 5.41) is 0. The quantitative estimate of drug-likeness (QED) is 0.868. The molecule has 2 N–H and O–H groups in total. The van der Waals surface area contributed by atoms with Gasteiger partial charge in [0.2, 0.25) is 10.0 Å². The smallest absolute Gasteiger partial charge is 0.243 e. The molecule has 0 radical (unpaired) electrons. The number of benzene rings is 1. The summed E-state index contributed by atoms with van der Waals surface area (Å²) in [5.74, 6) is -0.576. The molecular formula is C11H17FN2O2S. The molecule has 0 aliphatic heterocycles. The van der Waals surface area contributed by atoms with Crippen molar-refractivity contribution in [1.29, 1.82) is 0 Å².